The monoisotopic (exact) mass is 366 g/mol. The quantitative estimate of drug-likeness (QED) is 0.748. The molecule has 0 spiro atoms. The zero-order valence-corrected chi connectivity index (χ0v) is 16.3. The van der Waals surface area contributed by atoms with Gasteiger partial charge in [-0.1, -0.05) is 48.5 Å². The Morgan fingerprint density at radius 3 is 2.56 bits per heavy atom. The Bertz CT molecular complexity index is 717. The second-order valence-electron chi connectivity index (χ2n) is 7.04. The first kappa shape index (κ1) is 19.4. The molecule has 0 aromatic heterocycles. The molecule has 0 unspecified atom stereocenters. The molecule has 1 amide bonds. The van der Waals surface area contributed by atoms with Crippen molar-refractivity contribution in [2.45, 2.75) is 32.7 Å². The Morgan fingerprint density at radius 2 is 1.74 bits per heavy atom. The molecule has 0 atom stereocenters. The van der Waals surface area contributed by atoms with Crippen LogP contribution in [0.25, 0.3) is 0 Å². The number of hydrogen-bond donors (Lipinski definition) is 0. The lowest BCUT2D eigenvalue weighted by Crippen LogP contribution is -2.35. The van der Waals surface area contributed by atoms with Crippen LogP contribution in [-0.2, 0) is 17.8 Å². The molecule has 3 rings (SSSR count). The third kappa shape index (κ3) is 5.83. The van der Waals surface area contributed by atoms with Crippen LogP contribution in [0.2, 0.25) is 0 Å². The molecule has 2 aromatic rings. The summed E-state index contributed by atoms with van der Waals surface area (Å²) < 4.78 is 5.67. The summed E-state index contributed by atoms with van der Waals surface area (Å²) in [6.07, 6.45) is 2.32. The van der Waals surface area contributed by atoms with Gasteiger partial charge in [-0.2, -0.15) is 0 Å². The minimum Gasteiger partial charge on any atom is -0.494 e. The van der Waals surface area contributed by atoms with Crippen LogP contribution in [0.3, 0.4) is 0 Å². The van der Waals surface area contributed by atoms with Crippen LogP contribution in [-0.4, -0.2) is 48.5 Å². The van der Waals surface area contributed by atoms with E-state index in [1.54, 1.807) is 0 Å². The average Bonchev–Trinajstić information content (AvgIpc) is 2.94. The van der Waals surface area contributed by atoms with Crippen molar-refractivity contribution in [1.82, 2.24) is 9.80 Å². The molecule has 1 aliphatic rings. The van der Waals surface area contributed by atoms with Crippen LogP contribution in [0, 0.1) is 0 Å². The minimum absolute atomic E-state index is 0.253. The molecular weight excluding hydrogens is 336 g/mol. The van der Waals surface area contributed by atoms with Crippen LogP contribution in [0.1, 0.15) is 30.9 Å². The Morgan fingerprint density at radius 1 is 0.963 bits per heavy atom. The van der Waals surface area contributed by atoms with Crippen LogP contribution in [0.15, 0.2) is 54.6 Å². The SMILES string of the molecule is CCOc1ccccc1CCC(=O)N1CCCN(Cc2ccccc2)CC1. The van der Waals surface area contributed by atoms with Crippen molar-refractivity contribution in [1.29, 1.82) is 0 Å². The number of ether oxygens (including phenoxy) is 1. The Hall–Kier alpha value is -2.33. The summed E-state index contributed by atoms with van der Waals surface area (Å²) in [4.78, 5) is 17.2. The fourth-order valence-corrected chi connectivity index (χ4v) is 3.63. The summed E-state index contributed by atoms with van der Waals surface area (Å²) in [6.45, 7) is 7.26. The summed E-state index contributed by atoms with van der Waals surface area (Å²) in [5.41, 5.74) is 2.46. The predicted molar refractivity (Wildman–Crippen MR) is 109 cm³/mol. The molecule has 0 saturated carbocycles. The number of aryl methyl sites for hydroxylation is 1. The molecule has 1 saturated heterocycles. The summed E-state index contributed by atoms with van der Waals surface area (Å²) in [5.74, 6) is 1.15. The molecule has 0 aliphatic carbocycles. The first-order valence-corrected chi connectivity index (χ1v) is 10.0. The zero-order chi connectivity index (χ0) is 18.9. The number of amides is 1. The van der Waals surface area contributed by atoms with E-state index in [2.05, 4.69) is 41.3 Å². The van der Waals surface area contributed by atoms with E-state index < -0.39 is 0 Å². The average molecular weight is 367 g/mol. The Kier molecular flexibility index (Phi) is 7.28. The van der Waals surface area contributed by atoms with Crippen molar-refractivity contribution in [2.24, 2.45) is 0 Å². The van der Waals surface area contributed by atoms with E-state index in [9.17, 15) is 4.79 Å². The molecule has 4 heteroatoms. The van der Waals surface area contributed by atoms with Crippen LogP contribution < -0.4 is 4.74 Å². The number of rotatable bonds is 7. The molecule has 0 radical (unpaired) electrons. The predicted octanol–water partition coefficient (Wildman–Crippen LogP) is 3.75. The van der Waals surface area contributed by atoms with Gasteiger partial charge in [0.1, 0.15) is 5.75 Å². The van der Waals surface area contributed by atoms with Crippen molar-refractivity contribution in [3.63, 3.8) is 0 Å². The summed E-state index contributed by atoms with van der Waals surface area (Å²) in [6, 6.07) is 18.6. The third-order valence-electron chi connectivity index (χ3n) is 5.07. The maximum Gasteiger partial charge on any atom is 0.222 e. The largest absolute Gasteiger partial charge is 0.494 e. The van der Waals surface area contributed by atoms with E-state index in [0.717, 1.165) is 56.9 Å². The highest BCUT2D eigenvalue weighted by molar-refractivity contribution is 5.76. The number of benzene rings is 2. The highest BCUT2D eigenvalue weighted by atomic mass is 16.5. The van der Waals surface area contributed by atoms with Crippen molar-refractivity contribution >= 4 is 5.91 Å². The second kappa shape index (κ2) is 10.1. The normalized spacial score (nSPS) is 15.4. The van der Waals surface area contributed by atoms with Gasteiger partial charge in [-0.3, -0.25) is 9.69 Å². The van der Waals surface area contributed by atoms with Gasteiger partial charge in [-0.05, 0) is 37.0 Å². The summed E-state index contributed by atoms with van der Waals surface area (Å²) in [5, 5.41) is 0. The topological polar surface area (TPSA) is 32.8 Å². The smallest absolute Gasteiger partial charge is 0.222 e. The number of hydrogen-bond acceptors (Lipinski definition) is 3. The van der Waals surface area contributed by atoms with Crippen molar-refractivity contribution in [3.8, 4) is 5.75 Å². The van der Waals surface area contributed by atoms with Gasteiger partial charge in [0.05, 0.1) is 6.61 Å². The molecule has 1 fully saturated rings. The standard InChI is InChI=1S/C23H30N2O2/c1-2-27-22-12-7-6-11-21(22)13-14-23(26)25-16-8-15-24(17-18-25)19-20-9-4-3-5-10-20/h3-7,9-12H,2,8,13-19H2,1H3. The van der Waals surface area contributed by atoms with E-state index in [4.69, 9.17) is 4.74 Å². The van der Waals surface area contributed by atoms with Crippen LogP contribution >= 0.6 is 0 Å². The number of carbonyl (C=O) groups is 1. The molecule has 0 bridgehead atoms. The lowest BCUT2D eigenvalue weighted by atomic mass is 10.1. The van der Waals surface area contributed by atoms with Gasteiger partial charge < -0.3 is 9.64 Å². The molecule has 27 heavy (non-hydrogen) atoms. The number of para-hydroxylation sites is 1. The minimum atomic E-state index is 0.253. The molecular formula is C23H30N2O2. The zero-order valence-electron chi connectivity index (χ0n) is 16.3. The number of carbonyl (C=O) groups excluding carboxylic acids is 1. The fourth-order valence-electron chi connectivity index (χ4n) is 3.63. The van der Waals surface area contributed by atoms with E-state index >= 15 is 0 Å². The van der Waals surface area contributed by atoms with E-state index in [1.165, 1.54) is 5.56 Å². The lowest BCUT2D eigenvalue weighted by Gasteiger charge is -2.22. The molecule has 2 aromatic carbocycles. The summed E-state index contributed by atoms with van der Waals surface area (Å²) >= 11 is 0. The molecule has 1 aliphatic heterocycles. The van der Waals surface area contributed by atoms with Crippen LogP contribution in [0.4, 0.5) is 0 Å². The highest BCUT2D eigenvalue weighted by Gasteiger charge is 2.19. The Balaban J connectivity index is 1.49. The van der Waals surface area contributed by atoms with Gasteiger partial charge in [-0.25, -0.2) is 0 Å². The molecule has 0 N–H and O–H groups in total. The van der Waals surface area contributed by atoms with Crippen molar-refractivity contribution < 1.29 is 9.53 Å². The van der Waals surface area contributed by atoms with E-state index in [-0.39, 0.29) is 5.91 Å². The van der Waals surface area contributed by atoms with Crippen molar-refractivity contribution in [2.75, 3.05) is 32.8 Å². The third-order valence-corrected chi connectivity index (χ3v) is 5.07. The maximum absolute atomic E-state index is 12.7. The fraction of sp³-hybridized carbons (Fsp3) is 0.435. The molecule has 144 valence electrons. The highest BCUT2D eigenvalue weighted by Crippen LogP contribution is 2.20. The van der Waals surface area contributed by atoms with Crippen LogP contribution in [0.5, 0.6) is 5.75 Å². The van der Waals surface area contributed by atoms with Gasteiger partial charge in [0.15, 0.2) is 0 Å². The first-order chi connectivity index (χ1) is 13.3. The number of nitrogens with zero attached hydrogens (tertiary/aromatic N) is 2. The summed E-state index contributed by atoms with van der Waals surface area (Å²) in [7, 11) is 0. The van der Waals surface area contributed by atoms with Gasteiger partial charge in [0, 0.05) is 39.1 Å². The van der Waals surface area contributed by atoms with E-state index in [0.29, 0.717) is 13.0 Å². The molecule has 4 nitrogen and oxygen atoms in total. The maximum atomic E-state index is 12.7. The van der Waals surface area contributed by atoms with Gasteiger partial charge >= 0.3 is 0 Å². The van der Waals surface area contributed by atoms with Crippen molar-refractivity contribution in [3.05, 3.63) is 65.7 Å². The van der Waals surface area contributed by atoms with E-state index in [1.807, 2.05) is 30.0 Å². The molecule has 1 heterocycles. The van der Waals surface area contributed by atoms with Gasteiger partial charge in [0.2, 0.25) is 5.91 Å². The first-order valence-electron chi connectivity index (χ1n) is 10.0. The second-order valence-corrected chi connectivity index (χ2v) is 7.04. The van der Waals surface area contributed by atoms with Gasteiger partial charge in [0.25, 0.3) is 0 Å². The van der Waals surface area contributed by atoms with Gasteiger partial charge in [-0.15, -0.1) is 0 Å². The lowest BCUT2D eigenvalue weighted by molar-refractivity contribution is -0.131. The Labute approximate surface area is 162 Å².